The molecule has 4 rings (SSSR count). The van der Waals surface area contributed by atoms with E-state index in [4.69, 9.17) is 9.72 Å². The highest BCUT2D eigenvalue weighted by molar-refractivity contribution is 7.22. The van der Waals surface area contributed by atoms with Crippen molar-refractivity contribution in [3.05, 3.63) is 48.0 Å². The van der Waals surface area contributed by atoms with Gasteiger partial charge in [0, 0.05) is 31.5 Å². The van der Waals surface area contributed by atoms with E-state index in [2.05, 4.69) is 18.7 Å². The van der Waals surface area contributed by atoms with Crippen molar-refractivity contribution in [3.8, 4) is 5.75 Å². The second-order valence-corrected chi connectivity index (χ2v) is 8.97. The van der Waals surface area contributed by atoms with Crippen molar-refractivity contribution in [1.82, 2.24) is 9.88 Å². The molecule has 9 heteroatoms. The molecule has 0 radical (unpaired) electrons. The van der Waals surface area contributed by atoms with Gasteiger partial charge in [0.25, 0.3) is 5.91 Å². The third-order valence-electron chi connectivity index (χ3n) is 6.00. The number of para-hydroxylation sites is 1. The molecule has 2 heterocycles. The molecule has 1 aliphatic rings. The summed E-state index contributed by atoms with van der Waals surface area (Å²) in [6, 6.07) is 12.4. The molecule has 0 unspecified atom stereocenters. The number of methoxy groups -OCH3 is 1. The maximum absolute atomic E-state index is 13.8. The molecule has 0 bridgehead atoms. The molecule has 34 heavy (non-hydrogen) atoms. The van der Waals surface area contributed by atoms with E-state index in [9.17, 15) is 14.4 Å². The van der Waals surface area contributed by atoms with Gasteiger partial charge in [-0.15, -0.1) is 0 Å². The van der Waals surface area contributed by atoms with Gasteiger partial charge in [-0.3, -0.25) is 24.2 Å². The van der Waals surface area contributed by atoms with Crippen LogP contribution in [0.5, 0.6) is 5.75 Å². The zero-order valence-electron chi connectivity index (χ0n) is 19.6. The van der Waals surface area contributed by atoms with Crippen LogP contribution in [0.15, 0.2) is 42.5 Å². The predicted molar refractivity (Wildman–Crippen MR) is 134 cm³/mol. The lowest BCUT2D eigenvalue weighted by atomic mass is 10.1. The summed E-state index contributed by atoms with van der Waals surface area (Å²) in [6.45, 7) is 7.07. The Hall–Kier alpha value is -3.30. The van der Waals surface area contributed by atoms with Gasteiger partial charge in [0.2, 0.25) is 11.8 Å². The smallest absolute Gasteiger partial charge is 0.260 e. The molecule has 8 nitrogen and oxygen atoms in total. The zero-order chi connectivity index (χ0) is 24.2. The van der Waals surface area contributed by atoms with E-state index >= 15 is 0 Å². The predicted octanol–water partition coefficient (Wildman–Crippen LogP) is 3.95. The summed E-state index contributed by atoms with van der Waals surface area (Å²) in [6.07, 6.45) is 0.390. The molecule has 1 fully saturated rings. The van der Waals surface area contributed by atoms with Gasteiger partial charge in [-0.25, -0.2) is 4.98 Å². The van der Waals surface area contributed by atoms with Crippen LogP contribution in [0.25, 0.3) is 10.2 Å². The Kier molecular flexibility index (Phi) is 7.23. The van der Waals surface area contributed by atoms with E-state index in [0.29, 0.717) is 40.7 Å². The Morgan fingerprint density at radius 3 is 2.44 bits per heavy atom. The number of hydrogen-bond acceptors (Lipinski definition) is 7. The third kappa shape index (κ3) is 4.67. The van der Waals surface area contributed by atoms with Crippen molar-refractivity contribution in [1.29, 1.82) is 0 Å². The first-order valence-corrected chi connectivity index (χ1v) is 12.2. The van der Waals surface area contributed by atoms with E-state index in [1.165, 1.54) is 16.2 Å². The highest BCUT2D eigenvalue weighted by atomic mass is 32.1. The maximum Gasteiger partial charge on any atom is 0.260 e. The number of aromatic nitrogens is 1. The molecule has 3 aromatic rings. The largest absolute Gasteiger partial charge is 0.494 e. The topological polar surface area (TPSA) is 83.0 Å². The van der Waals surface area contributed by atoms with E-state index in [0.717, 1.165) is 17.8 Å². The number of carbonyl (C=O) groups excluding carboxylic acids is 3. The average molecular weight is 481 g/mol. The van der Waals surface area contributed by atoms with Crippen molar-refractivity contribution in [2.45, 2.75) is 26.7 Å². The van der Waals surface area contributed by atoms with E-state index in [1.54, 1.807) is 36.3 Å². The summed E-state index contributed by atoms with van der Waals surface area (Å²) in [4.78, 5) is 48.0. The number of benzene rings is 2. The molecule has 3 amide bonds. The fourth-order valence-electron chi connectivity index (χ4n) is 4.06. The first-order valence-electron chi connectivity index (χ1n) is 11.4. The molecular weight excluding hydrogens is 452 g/mol. The molecule has 0 N–H and O–H groups in total. The second kappa shape index (κ2) is 10.3. The van der Waals surface area contributed by atoms with E-state index in [1.807, 2.05) is 18.2 Å². The average Bonchev–Trinajstić information content (AvgIpc) is 3.44. The second-order valence-electron chi connectivity index (χ2n) is 7.96. The summed E-state index contributed by atoms with van der Waals surface area (Å²) in [7, 11) is 1.60. The number of fused-ring (bicyclic) bond motifs is 1. The lowest BCUT2D eigenvalue weighted by molar-refractivity contribution is -0.121. The van der Waals surface area contributed by atoms with Gasteiger partial charge in [0.1, 0.15) is 11.3 Å². The summed E-state index contributed by atoms with van der Waals surface area (Å²) >= 11 is 1.43. The van der Waals surface area contributed by atoms with Gasteiger partial charge in [0.15, 0.2) is 5.13 Å². The number of hydrogen-bond donors (Lipinski definition) is 0. The Morgan fingerprint density at radius 2 is 1.76 bits per heavy atom. The van der Waals surface area contributed by atoms with E-state index < -0.39 is 0 Å². The number of imide groups is 1. The van der Waals surface area contributed by atoms with Gasteiger partial charge < -0.3 is 9.64 Å². The molecule has 0 saturated carbocycles. The van der Waals surface area contributed by atoms with Crippen LogP contribution in [-0.2, 0) is 9.59 Å². The third-order valence-corrected chi connectivity index (χ3v) is 7.05. The van der Waals surface area contributed by atoms with Crippen molar-refractivity contribution in [2.24, 2.45) is 0 Å². The first kappa shape index (κ1) is 23.8. The van der Waals surface area contributed by atoms with Crippen molar-refractivity contribution >= 4 is 50.1 Å². The minimum Gasteiger partial charge on any atom is -0.494 e. The molecule has 2 aromatic carbocycles. The van der Waals surface area contributed by atoms with Gasteiger partial charge >= 0.3 is 0 Å². The van der Waals surface area contributed by atoms with Gasteiger partial charge in [-0.2, -0.15) is 0 Å². The Bertz CT molecular complexity index is 1200. The van der Waals surface area contributed by atoms with Crippen LogP contribution in [0.4, 0.5) is 10.8 Å². The SMILES string of the molecule is CCN(CC)CCN(C(=O)c1cccc(N2C(=O)CCC2=O)c1)c1nc2c(OC)cccc2s1. The monoisotopic (exact) mass is 480 g/mol. The quantitative estimate of drug-likeness (QED) is 0.432. The summed E-state index contributed by atoms with van der Waals surface area (Å²) in [5, 5.41) is 0.579. The van der Waals surface area contributed by atoms with Crippen molar-refractivity contribution in [2.75, 3.05) is 43.1 Å². The number of amides is 3. The number of thiazole rings is 1. The fraction of sp³-hybridized carbons (Fsp3) is 0.360. The highest BCUT2D eigenvalue weighted by Gasteiger charge is 2.31. The Morgan fingerprint density at radius 1 is 1.06 bits per heavy atom. The normalized spacial score (nSPS) is 13.8. The molecule has 0 aliphatic carbocycles. The summed E-state index contributed by atoms with van der Waals surface area (Å²) in [5.41, 5.74) is 1.54. The lowest BCUT2D eigenvalue weighted by Crippen LogP contribution is -2.39. The van der Waals surface area contributed by atoms with Crippen LogP contribution >= 0.6 is 11.3 Å². The summed E-state index contributed by atoms with van der Waals surface area (Å²) in [5.74, 6) is -0.0622. The maximum atomic E-state index is 13.8. The number of carbonyl (C=O) groups is 3. The Balaban J connectivity index is 1.70. The van der Waals surface area contributed by atoms with Crippen LogP contribution in [0.3, 0.4) is 0 Å². The number of rotatable bonds is 9. The van der Waals surface area contributed by atoms with Crippen LogP contribution in [0, 0.1) is 0 Å². The molecule has 0 atom stereocenters. The van der Waals surface area contributed by atoms with Crippen LogP contribution < -0.4 is 14.5 Å². The highest BCUT2D eigenvalue weighted by Crippen LogP contribution is 2.35. The number of anilines is 2. The number of ether oxygens (including phenoxy) is 1. The molecule has 1 aliphatic heterocycles. The van der Waals surface area contributed by atoms with E-state index in [-0.39, 0.29) is 30.6 Å². The van der Waals surface area contributed by atoms with Gasteiger partial charge in [-0.1, -0.05) is 37.3 Å². The molecule has 1 saturated heterocycles. The van der Waals surface area contributed by atoms with Crippen molar-refractivity contribution in [3.63, 3.8) is 0 Å². The molecule has 1 aromatic heterocycles. The summed E-state index contributed by atoms with van der Waals surface area (Å²) < 4.78 is 6.38. The van der Waals surface area contributed by atoms with Gasteiger partial charge in [-0.05, 0) is 43.4 Å². The fourth-order valence-corrected chi connectivity index (χ4v) is 5.06. The van der Waals surface area contributed by atoms with Crippen LogP contribution in [0.2, 0.25) is 0 Å². The number of nitrogens with zero attached hydrogens (tertiary/aromatic N) is 4. The Labute approximate surface area is 202 Å². The lowest BCUT2D eigenvalue weighted by Gasteiger charge is -2.25. The van der Waals surface area contributed by atoms with Crippen molar-refractivity contribution < 1.29 is 19.1 Å². The molecule has 178 valence electrons. The standard InChI is InChI=1S/C25H28N4O4S/c1-4-27(5-2)14-15-28(25-26-23-19(33-3)10-7-11-20(23)34-25)24(32)17-8-6-9-18(16-17)29-21(30)12-13-22(29)31/h6-11,16H,4-5,12-15H2,1-3H3. The van der Waals surface area contributed by atoms with Crippen LogP contribution in [0.1, 0.15) is 37.0 Å². The van der Waals surface area contributed by atoms with Crippen LogP contribution in [-0.4, -0.2) is 60.9 Å². The minimum atomic E-state index is -0.244. The molecular formula is C25H28N4O4S. The minimum absolute atomic E-state index is 0.195. The first-order chi connectivity index (χ1) is 16.5. The molecule has 0 spiro atoms. The zero-order valence-corrected chi connectivity index (χ0v) is 20.4. The number of likely N-dealkylation sites (N-methyl/N-ethyl adjacent to an activating group) is 1. The van der Waals surface area contributed by atoms with Gasteiger partial charge in [0.05, 0.1) is 17.5 Å².